The molecule has 4 nitrogen and oxygen atoms in total. The van der Waals surface area contributed by atoms with Gasteiger partial charge in [-0.2, -0.15) is 5.10 Å². The number of thioether (sulfide) groups is 1. The zero-order chi connectivity index (χ0) is 11.6. The molecule has 1 saturated heterocycles. The maximum atomic E-state index is 4.57. The third-order valence-corrected chi connectivity index (χ3v) is 4.17. The van der Waals surface area contributed by atoms with E-state index in [1.807, 2.05) is 31.2 Å². The summed E-state index contributed by atoms with van der Waals surface area (Å²) >= 11 is 1.81. The lowest BCUT2D eigenvalue weighted by molar-refractivity contribution is 0.466. The van der Waals surface area contributed by atoms with Gasteiger partial charge in [-0.1, -0.05) is 18.7 Å². The van der Waals surface area contributed by atoms with Gasteiger partial charge in [0, 0.05) is 30.1 Å². The first-order chi connectivity index (χ1) is 7.61. The SMILES string of the molecule is CCC1(C)CSC(=NCc2cnn(C)c2)N1. The molecule has 1 fully saturated rings. The molecule has 0 amide bonds. The van der Waals surface area contributed by atoms with E-state index in [2.05, 4.69) is 29.3 Å². The quantitative estimate of drug-likeness (QED) is 0.873. The van der Waals surface area contributed by atoms with Gasteiger partial charge in [0.15, 0.2) is 5.17 Å². The van der Waals surface area contributed by atoms with Gasteiger partial charge in [-0.25, -0.2) is 0 Å². The summed E-state index contributed by atoms with van der Waals surface area (Å²) < 4.78 is 1.81. The molecule has 88 valence electrons. The number of aliphatic imine (C=N–C) groups is 1. The van der Waals surface area contributed by atoms with Crippen LogP contribution < -0.4 is 5.32 Å². The molecular formula is C11H18N4S. The summed E-state index contributed by atoms with van der Waals surface area (Å²) in [5.41, 5.74) is 1.38. The molecule has 16 heavy (non-hydrogen) atoms. The van der Waals surface area contributed by atoms with E-state index in [9.17, 15) is 0 Å². The first-order valence-corrected chi connectivity index (χ1v) is 6.53. The third-order valence-electron chi connectivity index (χ3n) is 2.88. The van der Waals surface area contributed by atoms with Gasteiger partial charge < -0.3 is 5.32 Å². The van der Waals surface area contributed by atoms with Gasteiger partial charge in [-0.3, -0.25) is 9.67 Å². The molecule has 0 aromatic carbocycles. The van der Waals surface area contributed by atoms with Crippen LogP contribution in [0.5, 0.6) is 0 Å². The lowest BCUT2D eigenvalue weighted by atomic mass is 10.0. The Morgan fingerprint density at radius 1 is 1.69 bits per heavy atom. The smallest absolute Gasteiger partial charge is 0.157 e. The molecule has 0 radical (unpaired) electrons. The highest BCUT2D eigenvalue weighted by Gasteiger charge is 2.30. The van der Waals surface area contributed by atoms with E-state index in [0.717, 1.165) is 22.9 Å². The third kappa shape index (κ3) is 2.58. The lowest BCUT2D eigenvalue weighted by Gasteiger charge is -2.20. The van der Waals surface area contributed by atoms with E-state index in [-0.39, 0.29) is 5.54 Å². The Morgan fingerprint density at radius 2 is 2.50 bits per heavy atom. The van der Waals surface area contributed by atoms with Crippen LogP contribution in [0, 0.1) is 0 Å². The van der Waals surface area contributed by atoms with Crippen molar-refractivity contribution in [1.82, 2.24) is 15.1 Å². The monoisotopic (exact) mass is 238 g/mol. The van der Waals surface area contributed by atoms with Gasteiger partial charge >= 0.3 is 0 Å². The molecule has 1 unspecified atom stereocenters. The normalized spacial score (nSPS) is 27.3. The van der Waals surface area contributed by atoms with Gasteiger partial charge in [0.1, 0.15) is 0 Å². The van der Waals surface area contributed by atoms with Crippen LogP contribution in [0.1, 0.15) is 25.8 Å². The first-order valence-electron chi connectivity index (χ1n) is 5.54. The van der Waals surface area contributed by atoms with Crippen molar-refractivity contribution in [2.45, 2.75) is 32.4 Å². The Kier molecular flexibility index (Phi) is 3.23. The highest BCUT2D eigenvalue weighted by atomic mass is 32.2. The molecule has 0 saturated carbocycles. The van der Waals surface area contributed by atoms with Crippen LogP contribution >= 0.6 is 11.8 Å². The minimum atomic E-state index is 0.221. The minimum absolute atomic E-state index is 0.221. The summed E-state index contributed by atoms with van der Waals surface area (Å²) in [4.78, 5) is 4.57. The van der Waals surface area contributed by atoms with Crippen molar-refractivity contribution in [1.29, 1.82) is 0 Å². The minimum Gasteiger partial charge on any atom is -0.359 e. The number of aromatic nitrogens is 2. The molecule has 1 atom stereocenters. The van der Waals surface area contributed by atoms with Crippen molar-refractivity contribution in [3.8, 4) is 0 Å². The van der Waals surface area contributed by atoms with Crippen LogP contribution in [0.15, 0.2) is 17.4 Å². The standard InChI is InChI=1S/C11H18N4S/c1-4-11(2)8-16-10(14-11)12-5-9-6-13-15(3)7-9/h6-7H,4-5,8H2,1-3H3,(H,12,14). The number of aryl methyl sites for hydroxylation is 1. The van der Waals surface area contributed by atoms with Crippen molar-refractivity contribution in [3.05, 3.63) is 18.0 Å². The van der Waals surface area contributed by atoms with E-state index >= 15 is 0 Å². The number of nitrogens with zero attached hydrogens (tertiary/aromatic N) is 3. The summed E-state index contributed by atoms with van der Waals surface area (Å²) in [6, 6.07) is 0. The molecule has 1 aromatic heterocycles. The van der Waals surface area contributed by atoms with Crippen LogP contribution in [0.2, 0.25) is 0 Å². The van der Waals surface area contributed by atoms with E-state index < -0.39 is 0 Å². The second-order valence-electron chi connectivity index (χ2n) is 4.47. The molecule has 0 aliphatic carbocycles. The van der Waals surface area contributed by atoms with E-state index in [1.54, 1.807) is 4.68 Å². The molecule has 1 aromatic rings. The summed E-state index contributed by atoms with van der Waals surface area (Å²) in [6.07, 6.45) is 5.00. The summed E-state index contributed by atoms with van der Waals surface area (Å²) in [5.74, 6) is 1.11. The Hall–Kier alpha value is -0.970. The van der Waals surface area contributed by atoms with Crippen LogP contribution in [-0.4, -0.2) is 26.2 Å². The highest BCUT2D eigenvalue weighted by molar-refractivity contribution is 8.14. The van der Waals surface area contributed by atoms with Gasteiger partial charge in [-0.15, -0.1) is 0 Å². The molecule has 1 N–H and O–H groups in total. The van der Waals surface area contributed by atoms with Crippen LogP contribution in [0.25, 0.3) is 0 Å². The summed E-state index contributed by atoms with van der Waals surface area (Å²) in [5, 5.41) is 8.67. The topological polar surface area (TPSA) is 42.2 Å². The maximum Gasteiger partial charge on any atom is 0.157 e. The van der Waals surface area contributed by atoms with Crippen LogP contribution in [0.4, 0.5) is 0 Å². The Labute approximate surface area is 101 Å². The molecule has 1 aliphatic rings. The molecular weight excluding hydrogens is 220 g/mol. The average molecular weight is 238 g/mol. The fourth-order valence-electron chi connectivity index (χ4n) is 1.55. The molecule has 2 heterocycles. The van der Waals surface area contributed by atoms with Gasteiger partial charge in [0.25, 0.3) is 0 Å². The fourth-order valence-corrected chi connectivity index (χ4v) is 2.76. The van der Waals surface area contributed by atoms with Crippen LogP contribution in [0.3, 0.4) is 0 Å². The number of rotatable bonds is 3. The molecule has 2 rings (SSSR count). The van der Waals surface area contributed by atoms with Crippen molar-refractivity contribution >= 4 is 16.9 Å². The predicted molar refractivity (Wildman–Crippen MR) is 68.6 cm³/mol. The van der Waals surface area contributed by atoms with E-state index in [0.29, 0.717) is 6.54 Å². The molecule has 0 spiro atoms. The highest BCUT2D eigenvalue weighted by Crippen LogP contribution is 2.25. The second-order valence-corrected chi connectivity index (χ2v) is 5.44. The Bertz CT molecular complexity index is 398. The Morgan fingerprint density at radius 3 is 3.06 bits per heavy atom. The molecule has 1 aliphatic heterocycles. The lowest BCUT2D eigenvalue weighted by Crippen LogP contribution is -2.39. The van der Waals surface area contributed by atoms with Crippen molar-refractivity contribution < 1.29 is 0 Å². The van der Waals surface area contributed by atoms with E-state index in [4.69, 9.17) is 0 Å². The Balaban J connectivity index is 1.95. The van der Waals surface area contributed by atoms with Gasteiger partial charge in [0.05, 0.1) is 12.7 Å². The first kappa shape index (κ1) is 11.5. The van der Waals surface area contributed by atoms with Crippen molar-refractivity contribution in [2.75, 3.05) is 5.75 Å². The number of amidine groups is 1. The average Bonchev–Trinajstić information content (AvgIpc) is 2.83. The number of hydrogen-bond acceptors (Lipinski definition) is 3. The van der Waals surface area contributed by atoms with Crippen molar-refractivity contribution in [2.24, 2.45) is 12.0 Å². The zero-order valence-corrected chi connectivity index (χ0v) is 10.8. The second kappa shape index (κ2) is 4.49. The van der Waals surface area contributed by atoms with Gasteiger partial charge in [-0.05, 0) is 13.3 Å². The molecule has 5 heteroatoms. The predicted octanol–water partition coefficient (Wildman–Crippen LogP) is 1.78. The maximum absolute atomic E-state index is 4.57. The summed E-state index contributed by atoms with van der Waals surface area (Å²) in [6.45, 7) is 5.16. The van der Waals surface area contributed by atoms with Crippen LogP contribution in [-0.2, 0) is 13.6 Å². The summed E-state index contributed by atoms with van der Waals surface area (Å²) in [7, 11) is 1.92. The largest absolute Gasteiger partial charge is 0.359 e. The van der Waals surface area contributed by atoms with Crippen molar-refractivity contribution in [3.63, 3.8) is 0 Å². The number of nitrogens with one attached hydrogen (secondary N) is 1. The van der Waals surface area contributed by atoms with Gasteiger partial charge in [0.2, 0.25) is 0 Å². The molecule has 0 bridgehead atoms. The van der Waals surface area contributed by atoms with E-state index in [1.165, 1.54) is 0 Å². The fraction of sp³-hybridized carbons (Fsp3) is 0.636. The zero-order valence-electron chi connectivity index (χ0n) is 10.0. The number of hydrogen-bond donors (Lipinski definition) is 1.